The molecule has 0 aromatic heterocycles. The minimum atomic E-state index is 0.336. The lowest BCUT2D eigenvalue weighted by molar-refractivity contribution is 0.0867. The van der Waals surface area contributed by atoms with Crippen molar-refractivity contribution >= 4 is 0 Å². The molecule has 2 nitrogen and oxygen atoms in total. The van der Waals surface area contributed by atoms with E-state index in [1.807, 2.05) is 0 Å². The van der Waals surface area contributed by atoms with Gasteiger partial charge < -0.3 is 5.73 Å². The van der Waals surface area contributed by atoms with Crippen LogP contribution < -0.4 is 5.73 Å². The average Bonchev–Trinajstić information content (AvgIpc) is 2.88. The van der Waals surface area contributed by atoms with Gasteiger partial charge in [0.1, 0.15) is 0 Å². The van der Waals surface area contributed by atoms with Crippen molar-refractivity contribution < 1.29 is 0 Å². The summed E-state index contributed by atoms with van der Waals surface area (Å²) in [6, 6.07) is 0. The van der Waals surface area contributed by atoms with Crippen molar-refractivity contribution in [1.82, 2.24) is 4.90 Å². The van der Waals surface area contributed by atoms with E-state index in [1.165, 1.54) is 38.6 Å². The highest BCUT2D eigenvalue weighted by atomic mass is 15.2. The zero-order valence-corrected chi connectivity index (χ0v) is 9.63. The van der Waals surface area contributed by atoms with Gasteiger partial charge in [-0.05, 0) is 44.6 Å². The Morgan fingerprint density at radius 3 is 2.50 bits per heavy atom. The van der Waals surface area contributed by atoms with Crippen LogP contribution in [-0.2, 0) is 0 Å². The number of hydrogen-bond donors (Lipinski definition) is 1. The standard InChI is InChI=1S/C12H24N2/c1-10-4-3-7-12(10,9-13)14(2)8-11-5-6-11/h10-11H,3-9,13H2,1-2H3. The third-order valence-corrected chi connectivity index (χ3v) is 4.51. The van der Waals surface area contributed by atoms with Gasteiger partial charge in [0, 0.05) is 18.6 Å². The normalized spacial score (nSPS) is 38.1. The van der Waals surface area contributed by atoms with Crippen LogP contribution in [0.3, 0.4) is 0 Å². The molecule has 2 heteroatoms. The summed E-state index contributed by atoms with van der Waals surface area (Å²) in [5.74, 6) is 1.77. The van der Waals surface area contributed by atoms with Gasteiger partial charge in [-0.2, -0.15) is 0 Å². The van der Waals surface area contributed by atoms with Crippen LogP contribution in [0.4, 0.5) is 0 Å². The summed E-state index contributed by atoms with van der Waals surface area (Å²) in [6.45, 7) is 4.50. The molecule has 0 aromatic carbocycles. The van der Waals surface area contributed by atoms with Gasteiger partial charge in [0.25, 0.3) is 0 Å². The monoisotopic (exact) mass is 196 g/mol. The predicted octanol–water partition coefficient (Wildman–Crippen LogP) is 1.85. The Morgan fingerprint density at radius 2 is 2.07 bits per heavy atom. The van der Waals surface area contributed by atoms with Crippen molar-refractivity contribution in [3.63, 3.8) is 0 Å². The second-order valence-electron chi connectivity index (χ2n) is 5.42. The summed E-state index contributed by atoms with van der Waals surface area (Å²) >= 11 is 0. The van der Waals surface area contributed by atoms with E-state index in [4.69, 9.17) is 5.73 Å². The topological polar surface area (TPSA) is 29.3 Å². The van der Waals surface area contributed by atoms with Gasteiger partial charge in [0.05, 0.1) is 0 Å². The van der Waals surface area contributed by atoms with Crippen molar-refractivity contribution in [3.05, 3.63) is 0 Å². The Bertz CT molecular complexity index is 200. The summed E-state index contributed by atoms with van der Waals surface area (Å²) < 4.78 is 0. The molecule has 0 amide bonds. The smallest absolute Gasteiger partial charge is 0.0354 e. The Balaban J connectivity index is 2.01. The van der Waals surface area contributed by atoms with E-state index in [0.717, 1.165) is 18.4 Å². The van der Waals surface area contributed by atoms with E-state index in [2.05, 4.69) is 18.9 Å². The van der Waals surface area contributed by atoms with Gasteiger partial charge in [-0.15, -0.1) is 0 Å². The molecule has 2 aliphatic carbocycles. The Hall–Kier alpha value is -0.0800. The molecule has 2 unspecified atom stereocenters. The number of hydrogen-bond acceptors (Lipinski definition) is 2. The van der Waals surface area contributed by atoms with Crippen molar-refractivity contribution in [3.8, 4) is 0 Å². The molecule has 2 saturated carbocycles. The predicted molar refractivity (Wildman–Crippen MR) is 60.2 cm³/mol. The molecule has 2 aliphatic rings. The fourth-order valence-corrected chi connectivity index (χ4v) is 3.13. The maximum atomic E-state index is 6.01. The van der Waals surface area contributed by atoms with Crippen LogP contribution in [0.1, 0.15) is 39.0 Å². The Kier molecular flexibility index (Phi) is 2.85. The van der Waals surface area contributed by atoms with Gasteiger partial charge in [-0.1, -0.05) is 13.3 Å². The molecule has 0 bridgehead atoms. The molecule has 14 heavy (non-hydrogen) atoms. The van der Waals surface area contributed by atoms with Crippen molar-refractivity contribution in [1.29, 1.82) is 0 Å². The van der Waals surface area contributed by atoms with E-state index in [0.29, 0.717) is 5.54 Å². The van der Waals surface area contributed by atoms with Crippen LogP contribution in [0.5, 0.6) is 0 Å². The molecule has 0 aromatic rings. The number of likely N-dealkylation sites (N-methyl/N-ethyl adjacent to an activating group) is 1. The fraction of sp³-hybridized carbons (Fsp3) is 1.00. The molecule has 2 N–H and O–H groups in total. The SMILES string of the molecule is CC1CCCC1(CN)N(C)CC1CC1. The van der Waals surface area contributed by atoms with Crippen LogP contribution >= 0.6 is 0 Å². The first kappa shape index (κ1) is 10.4. The first-order valence-corrected chi connectivity index (χ1v) is 6.10. The molecule has 0 aliphatic heterocycles. The molecule has 82 valence electrons. The molecule has 0 heterocycles. The molecule has 0 saturated heterocycles. The number of rotatable bonds is 4. The van der Waals surface area contributed by atoms with Crippen molar-refractivity contribution in [2.45, 2.75) is 44.6 Å². The van der Waals surface area contributed by atoms with E-state index in [-0.39, 0.29) is 0 Å². The van der Waals surface area contributed by atoms with E-state index < -0.39 is 0 Å². The summed E-state index contributed by atoms with van der Waals surface area (Å²) in [5, 5.41) is 0. The molecule has 2 atom stereocenters. The van der Waals surface area contributed by atoms with E-state index >= 15 is 0 Å². The Labute approximate surface area is 87.8 Å². The van der Waals surface area contributed by atoms with Crippen LogP contribution in [0, 0.1) is 11.8 Å². The third kappa shape index (κ3) is 1.70. The van der Waals surface area contributed by atoms with Crippen LogP contribution in [0.2, 0.25) is 0 Å². The highest BCUT2D eigenvalue weighted by Gasteiger charge is 2.43. The van der Waals surface area contributed by atoms with Gasteiger partial charge in [0.2, 0.25) is 0 Å². The largest absolute Gasteiger partial charge is 0.329 e. The van der Waals surface area contributed by atoms with Gasteiger partial charge in [0.15, 0.2) is 0 Å². The lowest BCUT2D eigenvalue weighted by Gasteiger charge is -2.42. The zero-order valence-electron chi connectivity index (χ0n) is 9.63. The fourth-order valence-electron chi connectivity index (χ4n) is 3.13. The minimum absolute atomic E-state index is 0.336. The molecule has 2 rings (SSSR count). The van der Waals surface area contributed by atoms with Crippen molar-refractivity contribution in [2.75, 3.05) is 20.1 Å². The Morgan fingerprint density at radius 1 is 1.36 bits per heavy atom. The molecular formula is C12H24N2. The third-order valence-electron chi connectivity index (χ3n) is 4.51. The highest BCUT2D eigenvalue weighted by molar-refractivity contribution is 5.00. The van der Waals surface area contributed by atoms with Gasteiger partial charge in [-0.25, -0.2) is 0 Å². The molecule has 0 spiro atoms. The van der Waals surface area contributed by atoms with E-state index in [9.17, 15) is 0 Å². The summed E-state index contributed by atoms with van der Waals surface area (Å²) in [6.07, 6.45) is 6.94. The summed E-state index contributed by atoms with van der Waals surface area (Å²) in [5.41, 5.74) is 6.35. The lowest BCUT2D eigenvalue weighted by Crippen LogP contribution is -2.54. The maximum absolute atomic E-state index is 6.01. The maximum Gasteiger partial charge on any atom is 0.0354 e. The number of nitrogens with two attached hydrogens (primary N) is 1. The van der Waals surface area contributed by atoms with Crippen LogP contribution in [0.25, 0.3) is 0 Å². The first-order chi connectivity index (χ1) is 6.69. The van der Waals surface area contributed by atoms with Crippen LogP contribution in [-0.4, -0.2) is 30.6 Å². The minimum Gasteiger partial charge on any atom is -0.329 e. The molecule has 2 fully saturated rings. The highest BCUT2D eigenvalue weighted by Crippen LogP contribution is 2.41. The second-order valence-corrected chi connectivity index (χ2v) is 5.42. The van der Waals surface area contributed by atoms with Gasteiger partial charge >= 0.3 is 0 Å². The van der Waals surface area contributed by atoms with E-state index in [1.54, 1.807) is 0 Å². The van der Waals surface area contributed by atoms with Gasteiger partial charge in [-0.3, -0.25) is 4.90 Å². The average molecular weight is 196 g/mol. The van der Waals surface area contributed by atoms with Crippen LogP contribution in [0.15, 0.2) is 0 Å². The molecular weight excluding hydrogens is 172 g/mol. The lowest BCUT2D eigenvalue weighted by atomic mass is 9.86. The number of nitrogens with zero attached hydrogens (tertiary/aromatic N) is 1. The summed E-state index contributed by atoms with van der Waals surface area (Å²) in [4.78, 5) is 2.57. The first-order valence-electron chi connectivity index (χ1n) is 6.10. The van der Waals surface area contributed by atoms with Crippen molar-refractivity contribution in [2.24, 2.45) is 17.6 Å². The zero-order chi connectivity index (χ0) is 10.2. The molecule has 0 radical (unpaired) electrons. The second kappa shape index (κ2) is 3.82. The summed E-state index contributed by atoms with van der Waals surface area (Å²) in [7, 11) is 2.28. The quantitative estimate of drug-likeness (QED) is 0.743.